The highest BCUT2D eigenvalue weighted by molar-refractivity contribution is 5.90. The number of amides is 2. The topological polar surface area (TPSA) is 59.6 Å². The average Bonchev–Trinajstić information content (AvgIpc) is 2.95. The van der Waals surface area contributed by atoms with Crippen LogP contribution in [0.5, 0.6) is 0 Å². The van der Waals surface area contributed by atoms with Crippen molar-refractivity contribution < 1.29 is 14.3 Å². The van der Waals surface area contributed by atoms with Gasteiger partial charge in [0.05, 0.1) is 12.7 Å². The summed E-state index contributed by atoms with van der Waals surface area (Å²) in [5.74, 6) is 1.03. The van der Waals surface area contributed by atoms with E-state index in [0.717, 1.165) is 24.3 Å². The molecule has 2 N–H and O–H groups in total. The van der Waals surface area contributed by atoms with Crippen LogP contribution in [0.2, 0.25) is 0 Å². The van der Waals surface area contributed by atoms with Gasteiger partial charge in [0.1, 0.15) is 0 Å². The molecule has 2 fully saturated rings. The number of hydrogen-bond acceptors (Lipinski definition) is 3. The molecule has 0 spiro atoms. The van der Waals surface area contributed by atoms with E-state index in [1.165, 1.54) is 0 Å². The van der Waals surface area contributed by atoms with Crippen molar-refractivity contribution >= 4 is 11.7 Å². The van der Waals surface area contributed by atoms with Crippen LogP contribution in [0.25, 0.3) is 0 Å². The molecular formula is C18H26N2O3. The van der Waals surface area contributed by atoms with Gasteiger partial charge in [0.25, 0.3) is 0 Å². The second-order valence-corrected chi connectivity index (χ2v) is 6.77. The lowest BCUT2D eigenvalue weighted by Crippen LogP contribution is -2.63. The van der Waals surface area contributed by atoms with Crippen molar-refractivity contribution in [1.29, 1.82) is 0 Å². The number of carbonyl (C=O) groups is 1. The maximum absolute atomic E-state index is 12.4. The molecule has 1 aromatic rings. The van der Waals surface area contributed by atoms with Crippen LogP contribution in [-0.2, 0) is 9.47 Å². The Labute approximate surface area is 137 Å². The Morgan fingerprint density at radius 1 is 1.39 bits per heavy atom. The SMILES string of the molecule is COC[C@@H]1[C@@H](NC(=O)Nc2ccccc2C(C)C)[C@@H]2CCO[C@H]12. The smallest absolute Gasteiger partial charge is 0.319 e. The maximum atomic E-state index is 12.4. The van der Waals surface area contributed by atoms with Gasteiger partial charge in [-0.3, -0.25) is 0 Å². The quantitative estimate of drug-likeness (QED) is 0.877. The lowest BCUT2D eigenvalue weighted by molar-refractivity contribution is -0.0798. The summed E-state index contributed by atoms with van der Waals surface area (Å²) in [6, 6.07) is 7.93. The molecule has 5 nitrogen and oxygen atoms in total. The lowest BCUT2D eigenvalue weighted by Gasteiger charge is -2.47. The first kappa shape index (κ1) is 16.3. The van der Waals surface area contributed by atoms with Gasteiger partial charge < -0.3 is 20.1 Å². The molecule has 0 radical (unpaired) electrons. The number of methoxy groups -OCH3 is 1. The van der Waals surface area contributed by atoms with Gasteiger partial charge in [0, 0.05) is 37.3 Å². The molecule has 0 aromatic heterocycles. The van der Waals surface area contributed by atoms with E-state index in [0.29, 0.717) is 18.4 Å². The van der Waals surface area contributed by atoms with Crippen molar-refractivity contribution in [2.45, 2.75) is 38.3 Å². The fourth-order valence-electron chi connectivity index (χ4n) is 3.86. The second-order valence-electron chi connectivity index (χ2n) is 6.77. The summed E-state index contributed by atoms with van der Waals surface area (Å²) >= 11 is 0. The van der Waals surface area contributed by atoms with Gasteiger partial charge in [-0.1, -0.05) is 32.0 Å². The van der Waals surface area contributed by atoms with Crippen molar-refractivity contribution in [3.63, 3.8) is 0 Å². The zero-order valence-electron chi connectivity index (χ0n) is 14.0. The fraction of sp³-hybridized carbons (Fsp3) is 0.611. The monoisotopic (exact) mass is 318 g/mol. The number of urea groups is 1. The lowest BCUT2D eigenvalue weighted by atomic mass is 9.67. The molecule has 4 atom stereocenters. The first-order valence-corrected chi connectivity index (χ1v) is 8.38. The number of benzene rings is 1. The normalized spacial score (nSPS) is 29.0. The Morgan fingerprint density at radius 2 is 2.17 bits per heavy atom. The van der Waals surface area contributed by atoms with Crippen LogP contribution in [-0.4, -0.2) is 38.5 Å². The molecule has 1 aliphatic heterocycles. The summed E-state index contributed by atoms with van der Waals surface area (Å²) in [4.78, 5) is 12.4. The molecule has 0 bridgehead atoms. The number of nitrogens with one attached hydrogen (secondary N) is 2. The molecule has 126 valence electrons. The third-order valence-electron chi connectivity index (χ3n) is 5.02. The van der Waals surface area contributed by atoms with Crippen LogP contribution >= 0.6 is 0 Å². The van der Waals surface area contributed by atoms with Crippen LogP contribution in [0.4, 0.5) is 10.5 Å². The number of para-hydroxylation sites is 1. The molecule has 1 heterocycles. The number of fused-ring (bicyclic) bond motifs is 1. The fourth-order valence-corrected chi connectivity index (χ4v) is 3.86. The Morgan fingerprint density at radius 3 is 2.91 bits per heavy atom. The van der Waals surface area contributed by atoms with E-state index < -0.39 is 0 Å². The average molecular weight is 318 g/mol. The van der Waals surface area contributed by atoms with Gasteiger partial charge in [-0.2, -0.15) is 0 Å². The summed E-state index contributed by atoms with van der Waals surface area (Å²) in [6.45, 7) is 5.65. The number of ether oxygens (including phenoxy) is 2. The number of rotatable bonds is 5. The third-order valence-corrected chi connectivity index (χ3v) is 5.02. The molecule has 2 aliphatic rings. The minimum Gasteiger partial charge on any atom is -0.384 e. The van der Waals surface area contributed by atoms with E-state index in [1.807, 2.05) is 18.2 Å². The van der Waals surface area contributed by atoms with Gasteiger partial charge >= 0.3 is 6.03 Å². The van der Waals surface area contributed by atoms with Crippen LogP contribution in [0.1, 0.15) is 31.7 Å². The first-order valence-electron chi connectivity index (χ1n) is 8.38. The summed E-state index contributed by atoms with van der Waals surface area (Å²) in [5.41, 5.74) is 2.02. The predicted molar refractivity (Wildman–Crippen MR) is 89.7 cm³/mol. The van der Waals surface area contributed by atoms with Crippen molar-refractivity contribution in [3.05, 3.63) is 29.8 Å². The predicted octanol–water partition coefficient (Wildman–Crippen LogP) is 2.98. The molecule has 5 heteroatoms. The number of carbonyl (C=O) groups excluding carboxylic acids is 1. The van der Waals surface area contributed by atoms with Gasteiger partial charge in [-0.05, 0) is 24.0 Å². The Hall–Kier alpha value is -1.59. The van der Waals surface area contributed by atoms with Crippen LogP contribution in [0.3, 0.4) is 0 Å². The zero-order chi connectivity index (χ0) is 16.4. The highest BCUT2D eigenvalue weighted by atomic mass is 16.5. The second kappa shape index (κ2) is 6.89. The Kier molecular flexibility index (Phi) is 4.87. The molecule has 1 aliphatic carbocycles. The van der Waals surface area contributed by atoms with E-state index in [-0.39, 0.29) is 24.1 Å². The minimum atomic E-state index is -0.144. The summed E-state index contributed by atoms with van der Waals surface area (Å²) < 4.78 is 11.0. The third kappa shape index (κ3) is 3.21. The van der Waals surface area contributed by atoms with Gasteiger partial charge in [0.15, 0.2) is 0 Å². The standard InChI is InChI=1S/C18H26N2O3/c1-11(2)12-6-4-5-7-15(12)19-18(21)20-16-13-8-9-23-17(13)14(16)10-22-3/h4-7,11,13-14,16-17H,8-10H2,1-3H3,(H2,19,20,21)/t13-,14+,16-,17-/m0/s1. The molecule has 1 saturated carbocycles. The maximum Gasteiger partial charge on any atom is 0.319 e. The van der Waals surface area contributed by atoms with Crippen molar-refractivity contribution in [2.24, 2.45) is 11.8 Å². The minimum absolute atomic E-state index is 0.133. The molecule has 2 amide bonds. The highest BCUT2D eigenvalue weighted by Crippen LogP contribution is 2.43. The number of anilines is 1. The van der Waals surface area contributed by atoms with Crippen LogP contribution in [0.15, 0.2) is 24.3 Å². The van der Waals surface area contributed by atoms with Gasteiger partial charge in [0.2, 0.25) is 0 Å². The van der Waals surface area contributed by atoms with Gasteiger partial charge in [-0.25, -0.2) is 4.79 Å². The summed E-state index contributed by atoms with van der Waals surface area (Å²) in [7, 11) is 1.69. The molecule has 23 heavy (non-hydrogen) atoms. The molecule has 3 rings (SSSR count). The largest absolute Gasteiger partial charge is 0.384 e. The van der Waals surface area contributed by atoms with Crippen LogP contribution in [0, 0.1) is 11.8 Å². The number of hydrogen-bond donors (Lipinski definition) is 2. The highest BCUT2D eigenvalue weighted by Gasteiger charge is 2.54. The van der Waals surface area contributed by atoms with E-state index >= 15 is 0 Å². The Bertz CT molecular complexity index is 561. The van der Waals surface area contributed by atoms with E-state index in [4.69, 9.17) is 9.47 Å². The van der Waals surface area contributed by atoms with Crippen molar-refractivity contribution in [1.82, 2.24) is 5.32 Å². The molecule has 1 saturated heterocycles. The summed E-state index contributed by atoms with van der Waals surface area (Å²) in [6.07, 6.45) is 1.25. The van der Waals surface area contributed by atoms with Gasteiger partial charge in [-0.15, -0.1) is 0 Å². The van der Waals surface area contributed by atoms with E-state index in [2.05, 4.69) is 30.5 Å². The summed E-state index contributed by atoms with van der Waals surface area (Å²) in [5, 5.41) is 6.13. The van der Waals surface area contributed by atoms with Crippen LogP contribution < -0.4 is 10.6 Å². The molecular weight excluding hydrogens is 292 g/mol. The molecule has 1 aromatic carbocycles. The Balaban J connectivity index is 1.63. The van der Waals surface area contributed by atoms with E-state index in [9.17, 15) is 4.79 Å². The zero-order valence-corrected chi connectivity index (χ0v) is 14.0. The van der Waals surface area contributed by atoms with E-state index in [1.54, 1.807) is 7.11 Å². The molecule has 0 unspecified atom stereocenters. The van der Waals surface area contributed by atoms with Crippen molar-refractivity contribution in [3.8, 4) is 0 Å². The first-order chi connectivity index (χ1) is 11.1. The van der Waals surface area contributed by atoms with Crippen molar-refractivity contribution in [2.75, 3.05) is 25.6 Å².